The molecule has 1 aromatic carbocycles. The molecule has 132 valence electrons. The monoisotopic (exact) mass is 335 g/mol. The van der Waals surface area contributed by atoms with E-state index in [4.69, 9.17) is 18.9 Å². The third-order valence-electron chi connectivity index (χ3n) is 3.76. The highest BCUT2D eigenvalue weighted by Crippen LogP contribution is 2.26. The van der Waals surface area contributed by atoms with Gasteiger partial charge in [-0.2, -0.15) is 0 Å². The zero-order valence-corrected chi connectivity index (χ0v) is 14.7. The molecule has 0 N–H and O–H groups in total. The summed E-state index contributed by atoms with van der Waals surface area (Å²) in [4.78, 5) is 13.9. The van der Waals surface area contributed by atoms with Gasteiger partial charge in [0, 0.05) is 19.2 Å². The Morgan fingerprint density at radius 1 is 1.33 bits per heavy atom. The van der Waals surface area contributed by atoms with E-state index >= 15 is 0 Å². The summed E-state index contributed by atoms with van der Waals surface area (Å²) < 4.78 is 21.9. The number of amides is 1. The predicted octanol–water partition coefficient (Wildman–Crippen LogP) is 2.37. The molecule has 2 rings (SSSR count). The Balaban J connectivity index is 2.14. The van der Waals surface area contributed by atoms with Crippen molar-refractivity contribution >= 4 is 5.91 Å². The molecule has 1 saturated heterocycles. The quantitative estimate of drug-likeness (QED) is 0.716. The summed E-state index contributed by atoms with van der Waals surface area (Å²) in [5.41, 5.74) is 0.902. The first-order valence-electron chi connectivity index (χ1n) is 7.82. The Hall–Kier alpha value is -2.05. The van der Waals surface area contributed by atoms with Crippen molar-refractivity contribution in [1.82, 2.24) is 4.90 Å². The topological polar surface area (TPSA) is 57.2 Å². The van der Waals surface area contributed by atoms with Gasteiger partial charge in [-0.15, -0.1) is 0 Å². The van der Waals surface area contributed by atoms with Gasteiger partial charge in [0.2, 0.25) is 5.91 Å². The third kappa shape index (κ3) is 4.72. The number of hydrogen-bond donors (Lipinski definition) is 0. The van der Waals surface area contributed by atoms with Crippen LogP contribution in [-0.2, 0) is 20.8 Å². The van der Waals surface area contributed by atoms with E-state index < -0.39 is 5.79 Å². The molecule has 24 heavy (non-hydrogen) atoms. The molecule has 0 saturated carbocycles. The molecule has 0 spiro atoms. The van der Waals surface area contributed by atoms with E-state index in [2.05, 4.69) is 6.58 Å². The molecule has 1 aliphatic rings. The molecule has 0 bridgehead atoms. The standard InChI is InChI=1S/C18H25NO5/c1-6-17(20)19(11-16-12-23-18(2,3)24-16)10-13-7-14(21-4)9-15(8-13)22-5/h6-9,16H,1,10-12H2,2-5H3/t16-/m1/s1. The van der Waals surface area contributed by atoms with Crippen LogP contribution in [0.15, 0.2) is 30.9 Å². The minimum atomic E-state index is -0.618. The number of methoxy groups -OCH3 is 2. The Morgan fingerprint density at radius 3 is 2.42 bits per heavy atom. The first-order chi connectivity index (χ1) is 11.4. The van der Waals surface area contributed by atoms with Gasteiger partial charge >= 0.3 is 0 Å². The van der Waals surface area contributed by atoms with Crippen molar-refractivity contribution in [2.24, 2.45) is 0 Å². The molecule has 0 aromatic heterocycles. The van der Waals surface area contributed by atoms with Gasteiger partial charge in [-0.05, 0) is 37.6 Å². The summed E-state index contributed by atoms with van der Waals surface area (Å²) in [6.07, 6.45) is 1.13. The summed E-state index contributed by atoms with van der Waals surface area (Å²) in [5.74, 6) is 0.575. The Labute approximate surface area is 142 Å². The van der Waals surface area contributed by atoms with Crippen molar-refractivity contribution < 1.29 is 23.7 Å². The molecule has 1 amide bonds. The Kier molecular flexibility index (Phi) is 5.85. The highest BCUT2D eigenvalue weighted by Gasteiger charge is 2.34. The first kappa shape index (κ1) is 18.3. The smallest absolute Gasteiger partial charge is 0.246 e. The number of nitrogens with zero attached hydrogens (tertiary/aromatic N) is 1. The van der Waals surface area contributed by atoms with Gasteiger partial charge in [-0.1, -0.05) is 6.58 Å². The maximum Gasteiger partial charge on any atom is 0.246 e. The fourth-order valence-electron chi connectivity index (χ4n) is 2.64. The van der Waals surface area contributed by atoms with Crippen LogP contribution in [0.1, 0.15) is 19.4 Å². The molecule has 6 heteroatoms. The molecule has 1 fully saturated rings. The van der Waals surface area contributed by atoms with Gasteiger partial charge in [0.15, 0.2) is 5.79 Å². The summed E-state index contributed by atoms with van der Waals surface area (Å²) in [7, 11) is 3.19. The van der Waals surface area contributed by atoms with Gasteiger partial charge in [0.1, 0.15) is 17.6 Å². The van der Waals surface area contributed by atoms with Gasteiger partial charge in [-0.3, -0.25) is 4.79 Å². The average molecular weight is 335 g/mol. The fraction of sp³-hybridized carbons (Fsp3) is 0.500. The van der Waals surface area contributed by atoms with Crippen LogP contribution < -0.4 is 9.47 Å². The largest absolute Gasteiger partial charge is 0.497 e. The van der Waals surface area contributed by atoms with E-state index in [1.54, 1.807) is 25.2 Å². The molecule has 1 heterocycles. The molecule has 6 nitrogen and oxygen atoms in total. The van der Waals surface area contributed by atoms with Crippen molar-refractivity contribution in [2.75, 3.05) is 27.4 Å². The molecule has 1 atom stereocenters. The second kappa shape index (κ2) is 7.68. The number of benzene rings is 1. The lowest BCUT2D eigenvalue weighted by Gasteiger charge is -2.25. The van der Waals surface area contributed by atoms with Gasteiger partial charge < -0.3 is 23.8 Å². The van der Waals surface area contributed by atoms with Crippen LogP contribution in [0.3, 0.4) is 0 Å². The van der Waals surface area contributed by atoms with Crippen LogP contribution in [0.5, 0.6) is 11.5 Å². The Morgan fingerprint density at radius 2 is 1.96 bits per heavy atom. The van der Waals surface area contributed by atoms with E-state index in [9.17, 15) is 4.79 Å². The minimum Gasteiger partial charge on any atom is -0.497 e. The number of ether oxygens (including phenoxy) is 4. The highest BCUT2D eigenvalue weighted by molar-refractivity contribution is 5.87. The van der Waals surface area contributed by atoms with Crippen molar-refractivity contribution in [3.05, 3.63) is 36.4 Å². The zero-order chi connectivity index (χ0) is 17.7. The lowest BCUT2D eigenvalue weighted by atomic mass is 10.1. The van der Waals surface area contributed by atoms with E-state index in [1.807, 2.05) is 26.0 Å². The van der Waals surface area contributed by atoms with Crippen molar-refractivity contribution in [3.63, 3.8) is 0 Å². The van der Waals surface area contributed by atoms with E-state index in [0.717, 1.165) is 5.56 Å². The average Bonchev–Trinajstić information content (AvgIpc) is 2.91. The zero-order valence-electron chi connectivity index (χ0n) is 14.7. The van der Waals surface area contributed by atoms with E-state index in [0.29, 0.717) is 31.2 Å². The van der Waals surface area contributed by atoms with Crippen molar-refractivity contribution in [3.8, 4) is 11.5 Å². The molecular weight excluding hydrogens is 310 g/mol. The van der Waals surface area contributed by atoms with Crippen LogP contribution >= 0.6 is 0 Å². The van der Waals surface area contributed by atoms with Gasteiger partial charge in [0.05, 0.1) is 20.8 Å². The molecule has 0 radical (unpaired) electrons. The predicted molar refractivity (Wildman–Crippen MR) is 90.1 cm³/mol. The second-order valence-corrected chi connectivity index (χ2v) is 6.09. The van der Waals surface area contributed by atoms with E-state index in [-0.39, 0.29) is 12.0 Å². The molecule has 1 aromatic rings. The lowest BCUT2D eigenvalue weighted by molar-refractivity contribution is -0.145. The summed E-state index contributed by atoms with van der Waals surface area (Å²) in [6.45, 7) is 8.58. The van der Waals surface area contributed by atoms with Crippen LogP contribution in [0.2, 0.25) is 0 Å². The Bertz CT molecular complexity index is 577. The van der Waals surface area contributed by atoms with Crippen molar-refractivity contribution in [2.45, 2.75) is 32.3 Å². The van der Waals surface area contributed by atoms with Crippen molar-refractivity contribution in [1.29, 1.82) is 0 Å². The maximum atomic E-state index is 12.2. The number of rotatable bonds is 7. The lowest BCUT2D eigenvalue weighted by Crippen LogP contribution is -2.37. The van der Waals surface area contributed by atoms with Crippen LogP contribution in [0, 0.1) is 0 Å². The minimum absolute atomic E-state index is 0.162. The molecule has 1 aliphatic heterocycles. The first-order valence-corrected chi connectivity index (χ1v) is 7.82. The summed E-state index contributed by atoms with van der Waals surface area (Å²) >= 11 is 0. The summed E-state index contributed by atoms with van der Waals surface area (Å²) in [6, 6.07) is 5.54. The SMILES string of the molecule is C=CC(=O)N(Cc1cc(OC)cc(OC)c1)C[C@@H]1COC(C)(C)O1. The maximum absolute atomic E-state index is 12.2. The molecule has 0 aliphatic carbocycles. The fourth-order valence-corrected chi connectivity index (χ4v) is 2.64. The highest BCUT2D eigenvalue weighted by atomic mass is 16.7. The second-order valence-electron chi connectivity index (χ2n) is 6.09. The third-order valence-corrected chi connectivity index (χ3v) is 3.76. The number of carbonyl (C=O) groups excluding carboxylic acids is 1. The van der Waals surface area contributed by atoms with Gasteiger partial charge in [-0.25, -0.2) is 0 Å². The van der Waals surface area contributed by atoms with Gasteiger partial charge in [0.25, 0.3) is 0 Å². The normalized spacial score (nSPS) is 18.9. The number of carbonyl (C=O) groups is 1. The molecular formula is C18H25NO5. The molecule has 0 unspecified atom stereocenters. The summed E-state index contributed by atoms with van der Waals surface area (Å²) in [5, 5.41) is 0. The van der Waals surface area contributed by atoms with Crippen LogP contribution in [0.25, 0.3) is 0 Å². The van der Waals surface area contributed by atoms with E-state index in [1.165, 1.54) is 6.08 Å². The van der Waals surface area contributed by atoms with Crippen LogP contribution in [-0.4, -0.2) is 50.1 Å². The number of hydrogen-bond acceptors (Lipinski definition) is 5. The van der Waals surface area contributed by atoms with Crippen LogP contribution in [0.4, 0.5) is 0 Å².